The molecule has 2 aromatic heterocycles. The molecule has 0 spiro atoms. The number of benzene rings is 1. The zero-order chi connectivity index (χ0) is 19.3. The summed E-state index contributed by atoms with van der Waals surface area (Å²) in [6.45, 7) is 2.73. The first-order chi connectivity index (χ1) is 13.7. The average molecular weight is 376 g/mol. The van der Waals surface area contributed by atoms with E-state index in [1.165, 1.54) is 5.56 Å². The summed E-state index contributed by atoms with van der Waals surface area (Å²) in [7, 11) is 1.81. The van der Waals surface area contributed by atoms with Crippen LogP contribution in [0.3, 0.4) is 0 Å². The molecule has 0 radical (unpaired) electrons. The van der Waals surface area contributed by atoms with Gasteiger partial charge in [-0.3, -0.25) is 14.7 Å². The van der Waals surface area contributed by atoms with Gasteiger partial charge < -0.3 is 9.42 Å². The molecule has 28 heavy (non-hydrogen) atoms. The van der Waals surface area contributed by atoms with E-state index in [0.29, 0.717) is 24.8 Å². The van der Waals surface area contributed by atoms with Crippen molar-refractivity contribution in [2.75, 3.05) is 26.7 Å². The highest BCUT2D eigenvalue weighted by atomic mass is 16.5. The summed E-state index contributed by atoms with van der Waals surface area (Å²) in [5, 5.41) is 4.09. The fourth-order valence-electron chi connectivity index (χ4n) is 3.65. The van der Waals surface area contributed by atoms with Crippen LogP contribution in [-0.4, -0.2) is 52.5 Å². The van der Waals surface area contributed by atoms with E-state index in [1.54, 1.807) is 17.3 Å². The van der Waals surface area contributed by atoms with E-state index in [4.69, 9.17) is 4.52 Å². The Morgan fingerprint density at radius 1 is 1.21 bits per heavy atom. The van der Waals surface area contributed by atoms with Gasteiger partial charge in [-0.05, 0) is 36.6 Å². The number of amides is 1. The summed E-state index contributed by atoms with van der Waals surface area (Å²) in [4.78, 5) is 20.6. The third kappa shape index (κ3) is 4.28. The second-order valence-electron chi connectivity index (χ2n) is 7.30. The Bertz CT molecular complexity index is 911. The van der Waals surface area contributed by atoms with Crippen molar-refractivity contribution < 1.29 is 9.32 Å². The van der Waals surface area contributed by atoms with Crippen LogP contribution < -0.4 is 0 Å². The minimum absolute atomic E-state index is 0.0931. The molecule has 144 valence electrons. The zero-order valence-electron chi connectivity index (χ0n) is 16.0. The highest BCUT2D eigenvalue weighted by molar-refractivity contribution is 5.78. The third-order valence-electron chi connectivity index (χ3n) is 5.26. The molecule has 3 aromatic rings. The number of carbonyl (C=O) groups is 1. The van der Waals surface area contributed by atoms with Crippen LogP contribution in [0.25, 0.3) is 11.3 Å². The predicted molar refractivity (Wildman–Crippen MR) is 106 cm³/mol. The maximum Gasteiger partial charge on any atom is 0.236 e. The number of aromatic nitrogens is 2. The van der Waals surface area contributed by atoms with Crippen LogP contribution in [-0.2, 0) is 11.3 Å². The van der Waals surface area contributed by atoms with E-state index < -0.39 is 0 Å². The van der Waals surface area contributed by atoms with Crippen molar-refractivity contribution in [3.8, 4) is 11.3 Å². The van der Waals surface area contributed by atoms with Gasteiger partial charge in [-0.15, -0.1) is 0 Å². The lowest BCUT2D eigenvalue weighted by Crippen LogP contribution is -2.37. The summed E-state index contributed by atoms with van der Waals surface area (Å²) in [6.07, 6.45) is 4.54. The quantitative estimate of drug-likeness (QED) is 0.661. The Balaban J connectivity index is 1.30. The number of nitrogens with zero attached hydrogens (tertiary/aromatic N) is 4. The number of likely N-dealkylation sites (N-methyl/N-ethyl adjacent to an activating group) is 1. The second-order valence-corrected chi connectivity index (χ2v) is 7.30. The van der Waals surface area contributed by atoms with Crippen molar-refractivity contribution in [2.24, 2.45) is 0 Å². The Morgan fingerprint density at radius 3 is 2.79 bits per heavy atom. The molecular formula is C22H24N4O2. The van der Waals surface area contributed by atoms with Gasteiger partial charge in [0.25, 0.3) is 0 Å². The number of hydrogen-bond donors (Lipinski definition) is 0. The fourth-order valence-corrected chi connectivity index (χ4v) is 3.65. The van der Waals surface area contributed by atoms with Crippen molar-refractivity contribution >= 4 is 5.91 Å². The van der Waals surface area contributed by atoms with E-state index in [-0.39, 0.29) is 5.91 Å². The Kier molecular flexibility index (Phi) is 5.48. The van der Waals surface area contributed by atoms with Gasteiger partial charge in [0.15, 0.2) is 5.76 Å². The molecule has 1 atom stereocenters. The predicted octanol–water partition coefficient (Wildman–Crippen LogP) is 3.18. The van der Waals surface area contributed by atoms with E-state index >= 15 is 0 Å². The lowest BCUT2D eigenvalue weighted by molar-refractivity contribution is -0.131. The smallest absolute Gasteiger partial charge is 0.236 e. The molecule has 0 saturated carbocycles. The van der Waals surface area contributed by atoms with Gasteiger partial charge in [0.2, 0.25) is 5.91 Å². The third-order valence-corrected chi connectivity index (χ3v) is 5.26. The van der Waals surface area contributed by atoms with Gasteiger partial charge in [0.05, 0.1) is 13.1 Å². The van der Waals surface area contributed by atoms with Crippen LogP contribution in [0, 0.1) is 0 Å². The van der Waals surface area contributed by atoms with E-state index in [1.807, 2.05) is 31.3 Å². The Morgan fingerprint density at radius 2 is 2.00 bits per heavy atom. The molecular weight excluding hydrogens is 352 g/mol. The van der Waals surface area contributed by atoms with Crippen molar-refractivity contribution in [1.29, 1.82) is 0 Å². The number of likely N-dealkylation sites (tertiary alicyclic amines) is 1. The number of hydrogen-bond acceptors (Lipinski definition) is 5. The summed E-state index contributed by atoms with van der Waals surface area (Å²) >= 11 is 0. The normalized spacial score (nSPS) is 17.0. The molecule has 1 amide bonds. The molecule has 0 aliphatic carbocycles. The molecule has 0 N–H and O–H groups in total. The van der Waals surface area contributed by atoms with Gasteiger partial charge in [-0.1, -0.05) is 35.5 Å². The molecule has 0 unspecified atom stereocenters. The SMILES string of the molecule is CN(Cc1cc(-c2ccncc2)no1)C(=O)CN1CC[C@H](c2ccccc2)C1. The van der Waals surface area contributed by atoms with E-state index in [9.17, 15) is 4.79 Å². The van der Waals surface area contributed by atoms with Gasteiger partial charge >= 0.3 is 0 Å². The summed E-state index contributed by atoms with van der Waals surface area (Å²) in [6, 6.07) is 16.2. The van der Waals surface area contributed by atoms with Crippen LogP contribution in [0.15, 0.2) is 65.4 Å². The van der Waals surface area contributed by atoms with Crippen LogP contribution in [0.2, 0.25) is 0 Å². The maximum atomic E-state index is 12.6. The molecule has 1 saturated heterocycles. The van der Waals surface area contributed by atoms with Crippen LogP contribution in [0.5, 0.6) is 0 Å². The van der Waals surface area contributed by atoms with Crippen LogP contribution in [0.4, 0.5) is 0 Å². The van der Waals surface area contributed by atoms with Crippen molar-refractivity contribution in [1.82, 2.24) is 19.9 Å². The molecule has 0 bridgehead atoms. The highest BCUT2D eigenvalue weighted by Gasteiger charge is 2.26. The monoisotopic (exact) mass is 376 g/mol. The van der Waals surface area contributed by atoms with Gasteiger partial charge in [0.1, 0.15) is 5.69 Å². The molecule has 1 fully saturated rings. The minimum atomic E-state index is 0.0931. The lowest BCUT2D eigenvalue weighted by atomic mass is 9.99. The van der Waals surface area contributed by atoms with Gasteiger partial charge in [-0.25, -0.2) is 0 Å². The Labute approximate surface area is 164 Å². The van der Waals surface area contributed by atoms with Crippen molar-refractivity contribution in [3.05, 3.63) is 72.2 Å². The number of carbonyl (C=O) groups excluding carboxylic acids is 1. The first-order valence-corrected chi connectivity index (χ1v) is 9.56. The molecule has 3 heterocycles. The lowest BCUT2D eigenvalue weighted by Gasteiger charge is -2.20. The molecule has 1 aliphatic rings. The first kappa shape index (κ1) is 18.4. The summed E-state index contributed by atoms with van der Waals surface area (Å²) < 4.78 is 5.41. The van der Waals surface area contributed by atoms with E-state index in [2.05, 4.69) is 39.3 Å². The first-order valence-electron chi connectivity index (χ1n) is 9.56. The summed E-state index contributed by atoms with van der Waals surface area (Å²) in [5.74, 6) is 1.28. The molecule has 1 aromatic carbocycles. The maximum absolute atomic E-state index is 12.6. The zero-order valence-corrected chi connectivity index (χ0v) is 16.0. The van der Waals surface area contributed by atoms with Crippen LogP contribution in [0.1, 0.15) is 23.7 Å². The number of rotatable bonds is 6. The van der Waals surface area contributed by atoms with Crippen LogP contribution >= 0.6 is 0 Å². The molecule has 1 aliphatic heterocycles. The van der Waals surface area contributed by atoms with Crippen molar-refractivity contribution in [2.45, 2.75) is 18.9 Å². The van der Waals surface area contributed by atoms with Crippen molar-refractivity contribution in [3.63, 3.8) is 0 Å². The molecule has 6 heteroatoms. The Hall–Kier alpha value is -2.99. The second kappa shape index (κ2) is 8.35. The minimum Gasteiger partial charge on any atom is -0.359 e. The van der Waals surface area contributed by atoms with Gasteiger partial charge in [-0.2, -0.15) is 0 Å². The molecule has 6 nitrogen and oxygen atoms in total. The largest absolute Gasteiger partial charge is 0.359 e. The average Bonchev–Trinajstić information content (AvgIpc) is 3.39. The standard InChI is InChI=1S/C22H24N4O2/c1-25(15-20-13-21(24-28-20)18-7-10-23-11-8-18)22(27)16-26-12-9-19(14-26)17-5-3-2-4-6-17/h2-8,10-11,13,19H,9,12,14-16H2,1H3/t19-/m0/s1. The molecule has 4 rings (SSSR count). The highest BCUT2D eigenvalue weighted by Crippen LogP contribution is 2.26. The fraction of sp³-hybridized carbons (Fsp3) is 0.318. The van der Waals surface area contributed by atoms with E-state index in [0.717, 1.165) is 30.8 Å². The van der Waals surface area contributed by atoms with Gasteiger partial charge in [0, 0.05) is 37.6 Å². The topological polar surface area (TPSA) is 62.5 Å². The summed E-state index contributed by atoms with van der Waals surface area (Å²) in [5.41, 5.74) is 3.06. The number of pyridine rings is 1.